The van der Waals surface area contributed by atoms with Crippen LogP contribution < -0.4 is 0 Å². The summed E-state index contributed by atoms with van der Waals surface area (Å²) in [6.45, 7) is 3.40. The Hall–Kier alpha value is -1.95. The molecule has 0 aliphatic carbocycles. The number of methoxy groups -OCH3 is 1. The van der Waals surface area contributed by atoms with Crippen LogP contribution >= 0.6 is 11.3 Å². The van der Waals surface area contributed by atoms with E-state index >= 15 is 0 Å². The molecule has 11 heteroatoms. The Morgan fingerprint density at radius 1 is 1.37 bits per heavy atom. The van der Waals surface area contributed by atoms with Crippen molar-refractivity contribution in [2.45, 2.75) is 37.7 Å². The Labute approximate surface area is 177 Å². The number of rotatable bonds is 8. The Kier molecular flexibility index (Phi) is 9.28. The average molecular weight is 449 g/mol. The quantitative estimate of drug-likeness (QED) is 0.625. The van der Waals surface area contributed by atoms with Crippen LogP contribution in [0.1, 0.15) is 17.5 Å². The molecule has 3 heterocycles. The number of hydrogen-bond donors (Lipinski definition) is 1. The van der Waals surface area contributed by atoms with Gasteiger partial charge in [0.15, 0.2) is 0 Å². The highest BCUT2D eigenvalue weighted by Crippen LogP contribution is 2.26. The summed E-state index contributed by atoms with van der Waals surface area (Å²) in [6.07, 6.45) is 1.32. The molecule has 1 fully saturated rings. The van der Waals surface area contributed by atoms with E-state index in [0.717, 1.165) is 25.9 Å². The van der Waals surface area contributed by atoms with E-state index < -0.39 is 12.1 Å². The van der Waals surface area contributed by atoms with Crippen LogP contribution in [0.5, 0.6) is 0 Å². The van der Waals surface area contributed by atoms with Crippen molar-refractivity contribution in [3.63, 3.8) is 0 Å². The Morgan fingerprint density at radius 3 is 2.63 bits per heavy atom. The summed E-state index contributed by atoms with van der Waals surface area (Å²) in [5, 5.41) is 15.8. The van der Waals surface area contributed by atoms with Crippen LogP contribution in [0.2, 0.25) is 0 Å². The van der Waals surface area contributed by atoms with Gasteiger partial charge in [-0.1, -0.05) is 0 Å². The molecule has 3 rings (SSSR count). The number of likely N-dealkylation sites (tertiary alicyclic amines) is 1. The minimum atomic E-state index is -5.08. The zero-order valence-corrected chi connectivity index (χ0v) is 17.7. The Bertz CT molecular complexity index is 767. The van der Waals surface area contributed by atoms with E-state index in [-0.39, 0.29) is 6.10 Å². The van der Waals surface area contributed by atoms with Crippen molar-refractivity contribution < 1.29 is 32.5 Å². The molecule has 1 aliphatic heterocycles. The number of alkyl halides is 3. The molecule has 0 saturated carbocycles. The van der Waals surface area contributed by atoms with Gasteiger partial charge < -0.3 is 14.6 Å². The lowest BCUT2D eigenvalue weighted by Gasteiger charge is -2.27. The fourth-order valence-electron chi connectivity index (χ4n) is 3.26. The number of halogens is 3. The largest absolute Gasteiger partial charge is 0.490 e. The highest BCUT2D eigenvalue weighted by Gasteiger charge is 2.38. The van der Waals surface area contributed by atoms with Gasteiger partial charge in [0, 0.05) is 39.5 Å². The summed E-state index contributed by atoms with van der Waals surface area (Å²) in [5.74, 6) is -2.76. The number of carboxylic acid groups (broad SMARTS) is 1. The van der Waals surface area contributed by atoms with Crippen molar-refractivity contribution in [3.8, 4) is 0 Å². The van der Waals surface area contributed by atoms with Crippen molar-refractivity contribution in [2.75, 3.05) is 26.9 Å². The maximum Gasteiger partial charge on any atom is 0.490 e. The highest BCUT2D eigenvalue weighted by molar-refractivity contribution is 7.07. The van der Waals surface area contributed by atoms with Gasteiger partial charge in [0.2, 0.25) is 0 Å². The summed E-state index contributed by atoms with van der Waals surface area (Å²) in [4.78, 5) is 11.4. The third-order valence-corrected chi connectivity index (χ3v) is 5.36. The first-order chi connectivity index (χ1) is 14.2. The first kappa shape index (κ1) is 24.3. The van der Waals surface area contributed by atoms with Gasteiger partial charge in [-0.05, 0) is 40.8 Å². The molecular weight excluding hydrogens is 423 g/mol. The van der Waals surface area contributed by atoms with E-state index in [9.17, 15) is 13.2 Å². The van der Waals surface area contributed by atoms with Gasteiger partial charge in [-0.25, -0.2) is 4.79 Å². The molecule has 168 valence electrons. The van der Waals surface area contributed by atoms with Gasteiger partial charge in [0.1, 0.15) is 0 Å². The number of aliphatic carboxylic acids is 1. The van der Waals surface area contributed by atoms with E-state index in [1.54, 1.807) is 18.4 Å². The topological polar surface area (TPSA) is 76.8 Å². The molecule has 0 unspecified atom stereocenters. The monoisotopic (exact) mass is 449 g/mol. The molecule has 0 spiro atoms. The van der Waals surface area contributed by atoms with Crippen molar-refractivity contribution in [3.05, 3.63) is 40.3 Å². The molecule has 1 saturated heterocycles. The molecule has 1 N–H and O–H groups in total. The molecule has 1 aliphatic rings. The molecule has 30 heavy (non-hydrogen) atoms. The van der Waals surface area contributed by atoms with Crippen molar-refractivity contribution in [1.29, 1.82) is 0 Å². The third-order valence-electron chi connectivity index (χ3n) is 4.63. The molecule has 0 aromatic carbocycles. The average Bonchev–Trinajstić information content (AvgIpc) is 3.40. The number of carboxylic acids is 1. The maximum atomic E-state index is 10.6. The van der Waals surface area contributed by atoms with Crippen LogP contribution in [0.4, 0.5) is 13.2 Å². The van der Waals surface area contributed by atoms with Crippen molar-refractivity contribution in [2.24, 2.45) is 7.05 Å². The summed E-state index contributed by atoms with van der Waals surface area (Å²) < 4.78 is 44.8. The molecule has 0 radical (unpaired) electrons. The molecule has 2 atom stereocenters. The summed E-state index contributed by atoms with van der Waals surface area (Å²) in [5.41, 5.74) is 2.67. The zero-order chi connectivity index (χ0) is 22.1. The van der Waals surface area contributed by atoms with E-state index in [0.29, 0.717) is 19.3 Å². The number of thiophene rings is 1. The lowest BCUT2D eigenvalue weighted by Crippen LogP contribution is -2.38. The lowest BCUT2D eigenvalue weighted by atomic mass is 10.0. The number of nitrogens with zero attached hydrogens (tertiary/aromatic N) is 3. The number of ether oxygens (including phenoxy) is 2. The van der Waals surface area contributed by atoms with Gasteiger partial charge in [-0.3, -0.25) is 9.58 Å². The summed E-state index contributed by atoms with van der Waals surface area (Å²) >= 11 is 1.76. The predicted octanol–water partition coefficient (Wildman–Crippen LogP) is 2.96. The van der Waals surface area contributed by atoms with Crippen LogP contribution in [0, 0.1) is 0 Å². The number of hydrogen-bond acceptors (Lipinski definition) is 6. The van der Waals surface area contributed by atoms with Crippen LogP contribution in [-0.4, -0.2) is 70.9 Å². The molecular formula is C19H26F3N3O4S. The van der Waals surface area contributed by atoms with Crippen LogP contribution in [0.3, 0.4) is 0 Å². The van der Waals surface area contributed by atoms with Gasteiger partial charge in [0.25, 0.3) is 0 Å². The van der Waals surface area contributed by atoms with E-state index in [1.807, 2.05) is 17.9 Å². The third kappa shape index (κ3) is 7.71. The Balaban J connectivity index is 0.000000396. The number of aromatic nitrogens is 2. The first-order valence-electron chi connectivity index (χ1n) is 9.34. The van der Waals surface area contributed by atoms with Crippen LogP contribution in [0.15, 0.2) is 29.2 Å². The Morgan fingerprint density at radius 2 is 2.10 bits per heavy atom. The second-order valence-electron chi connectivity index (χ2n) is 6.89. The second kappa shape index (κ2) is 11.4. The smallest absolute Gasteiger partial charge is 0.475 e. The molecule has 2 aromatic heterocycles. The van der Waals surface area contributed by atoms with Crippen molar-refractivity contribution in [1.82, 2.24) is 14.7 Å². The second-order valence-corrected chi connectivity index (χ2v) is 7.67. The zero-order valence-electron chi connectivity index (χ0n) is 16.8. The molecule has 0 amide bonds. The van der Waals surface area contributed by atoms with E-state index in [1.165, 1.54) is 11.1 Å². The van der Waals surface area contributed by atoms with Crippen molar-refractivity contribution >= 4 is 17.3 Å². The lowest BCUT2D eigenvalue weighted by molar-refractivity contribution is -0.192. The summed E-state index contributed by atoms with van der Waals surface area (Å²) in [7, 11) is 3.68. The van der Waals surface area contributed by atoms with Gasteiger partial charge in [-0.2, -0.15) is 29.6 Å². The predicted molar refractivity (Wildman–Crippen MR) is 105 cm³/mol. The van der Waals surface area contributed by atoms with E-state index in [2.05, 4.69) is 33.0 Å². The van der Waals surface area contributed by atoms with Gasteiger partial charge in [-0.15, -0.1) is 0 Å². The highest BCUT2D eigenvalue weighted by atomic mass is 32.1. The van der Waals surface area contributed by atoms with Gasteiger partial charge in [0.05, 0.1) is 25.5 Å². The SMILES string of the molecule is COCCO[C@@H]1CCN(Cc2ccsc2)[C@H]1Cc1cnn(C)c1.O=C(O)C(F)(F)F. The summed E-state index contributed by atoms with van der Waals surface area (Å²) in [6, 6.07) is 2.61. The minimum absolute atomic E-state index is 0.268. The number of carbonyl (C=O) groups is 1. The molecule has 2 aromatic rings. The van der Waals surface area contributed by atoms with Gasteiger partial charge >= 0.3 is 12.1 Å². The standard InChI is InChI=1S/C17H25N3O2S.C2HF3O2/c1-19-11-15(10-18-19)9-16-17(22-7-6-21-2)3-5-20(16)12-14-4-8-23-13-14;3-2(4,5)1(6)7/h4,8,10-11,13,16-17H,3,5-7,9,12H2,1-2H3;(H,6,7)/t16-,17+;/m0./s1. The number of aryl methyl sites for hydroxylation is 1. The van der Waals surface area contributed by atoms with Crippen LogP contribution in [0.25, 0.3) is 0 Å². The fourth-order valence-corrected chi connectivity index (χ4v) is 3.92. The fraction of sp³-hybridized carbons (Fsp3) is 0.579. The van der Waals surface area contributed by atoms with Crippen LogP contribution in [-0.2, 0) is 34.3 Å². The normalized spacial score (nSPS) is 19.5. The molecule has 7 nitrogen and oxygen atoms in total. The first-order valence-corrected chi connectivity index (χ1v) is 10.3. The maximum absolute atomic E-state index is 10.6. The molecule has 0 bridgehead atoms. The van der Waals surface area contributed by atoms with E-state index in [4.69, 9.17) is 19.4 Å². The minimum Gasteiger partial charge on any atom is -0.475 e.